The second-order valence-corrected chi connectivity index (χ2v) is 4.98. The molecule has 1 saturated heterocycles. The molecule has 6 nitrogen and oxygen atoms in total. The Hall–Kier alpha value is -0.690. The van der Waals surface area contributed by atoms with Gasteiger partial charge in [-0.3, -0.25) is 4.79 Å². The average molecular weight is 261 g/mol. The molecule has 3 N–H and O–H groups in total. The van der Waals surface area contributed by atoms with Crippen LogP contribution in [0, 0.1) is 5.92 Å². The normalized spacial score (nSPS) is 36.7. The highest BCUT2D eigenvalue weighted by Gasteiger charge is 2.46. The Morgan fingerprint density at radius 1 is 1.50 bits per heavy atom. The summed E-state index contributed by atoms with van der Waals surface area (Å²) in [4.78, 5) is 11.2. The second kappa shape index (κ2) is 6.47. The van der Waals surface area contributed by atoms with Gasteiger partial charge in [-0.05, 0) is 5.92 Å². The molecule has 1 fully saturated rings. The van der Waals surface area contributed by atoms with E-state index in [1.165, 1.54) is 14.0 Å². The topological polar surface area (TPSA) is 88.0 Å². The number of methoxy groups -OCH3 is 1. The summed E-state index contributed by atoms with van der Waals surface area (Å²) in [5, 5.41) is 22.0. The zero-order chi connectivity index (χ0) is 13.9. The van der Waals surface area contributed by atoms with Crippen LogP contribution in [0.4, 0.5) is 0 Å². The lowest BCUT2D eigenvalue weighted by Gasteiger charge is -2.45. The van der Waals surface area contributed by atoms with E-state index >= 15 is 0 Å². The van der Waals surface area contributed by atoms with E-state index in [-0.39, 0.29) is 24.5 Å². The first-order valence-corrected chi connectivity index (χ1v) is 6.16. The highest BCUT2D eigenvalue weighted by atomic mass is 16.5. The molecule has 6 heteroatoms. The van der Waals surface area contributed by atoms with E-state index in [1.54, 1.807) is 0 Å². The van der Waals surface area contributed by atoms with Crippen LogP contribution in [0.25, 0.3) is 0 Å². The summed E-state index contributed by atoms with van der Waals surface area (Å²) in [6, 6.07) is -0.426. The van der Waals surface area contributed by atoms with Gasteiger partial charge in [0.25, 0.3) is 0 Å². The maximum absolute atomic E-state index is 11.2. The maximum Gasteiger partial charge on any atom is 0.217 e. The highest BCUT2D eigenvalue weighted by molar-refractivity contribution is 5.73. The third kappa shape index (κ3) is 3.20. The monoisotopic (exact) mass is 261 g/mol. The van der Waals surface area contributed by atoms with E-state index in [0.29, 0.717) is 0 Å². The zero-order valence-corrected chi connectivity index (χ0v) is 11.3. The van der Waals surface area contributed by atoms with Gasteiger partial charge < -0.3 is 25.0 Å². The number of carbonyl (C=O) groups excluding carboxylic acids is 1. The number of rotatable bonds is 4. The fourth-order valence-corrected chi connectivity index (χ4v) is 2.39. The summed E-state index contributed by atoms with van der Waals surface area (Å²) in [7, 11) is 1.47. The molecule has 1 amide bonds. The van der Waals surface area contributed by atoms with Crippen LogP contribution in [-0.2, 0) is 14.3 Å². The molecule has 0 radical (unpaired) electrons. The van der Waals surface area contributed by atoms with Gasteiger partial charge in [-0.2, -0.15) is 0 Å². The van der Waals surface area contributed by atoms with E-state index in [0.717, 1.165) is 0 Å². The second-order valence-electron chi connectivity index (χ2n) is 4.98. The van der Waals surface area contributed by atoms with E-state index in [9.17, 15) is 15.0 Å². The lowest BCUT2D eigenvalue weighted by atomic mass is 9.87. The molecule has 0 aromatic heterocycles. The van der Waals surface area contributed by atoms with E-state index in [4.69, 9.17) is 9.47 Å². The molecule has 0 aromatic rings. The van der Waals surface area contributed by atoms with Gasteiger partial charge in [0.1, 0.15) is 18.3 Å². The van der Waals surface area contributed by atoms with Gasteiger partial charge in [0, 0.05) is 14.0 Å². The number of hydrogen-bond acceptors (Lipinski definition) is 5. The van der Waals surface area contributed by atoms with Crippen LogP contribution in [0.1, 0.15) is 20.8 Å². The van der Waals surface area contributed by atoms with Crippen molar-refractivity contribution in [3.63, 3.8) is 0 Å². The van der Waals surface area contributed by atoms with Crippen LogP contribution in [0.15, 0.2) is 0 Å². The molecule has 1 rings (SSSR count). The molecule has 18 heavy (non-hydrogen) atoms. The Morgan fingerprint density at radius 2 is 2.11 bits per heavy atom. The Kier molecular flexibility index (Phi) is 5.52. The summed E-state index contributed by atoms with van der Waals surface area (Å²) in [5.41, 5.74) is 0. The first-order valence-electron chi connectivity index (χ1n) is 6.16. The van der Waals surface area contributed by atoms with Gasteiger partial charge in [0.15, 0.2) is 0 Å². The molecule has 1 heterocycles. The van der Waals surface area contributed by atoms with Gasteiger partial charge in [-0.25, -0.2) is 0 Å². The van der Waals surface area contributed by atoms with Crippen molar-refractivity contribution >= 4 is 5.91 Å². The van der Waals surface area contributed by atoms with Crippen molar-refractivity contribution in [1.29, 1.82) is 0 Å². The number of nitrogens with one attached hydrogen (secondary N) is 1. The SMILES string of the molecule is CO[C@@H]1C(NC(C)=O)[C@H](C(C)C)OC(CO)[C@@H]1O. The van der Waals surface area contributed by atoms with Gasteiger partial charge in [0.05, 0.1) is 18.8 Å². The number of hydrogen-bond donors (Lipinski definition) is 3. The number of aliphatic hydroxyl groups is 2. The van der Waals surface area contributed by atoms with Gasteiger partial charge >= 0.3 is 0 Å². The van der Waals surface area contributed by atoms with Crippen molar-refractivity contribution in [2.45, 2.75) is 51.2 Å². The van der Waals surface area contributed by atoms with Crippen molar-refractivity contribution in [2.24, 2.45) is 5.92 Å². The predicted octanol–water partition coefficient (Wildman–Crippen LogP) is -0.717. The highest BCUT2D eigenvalue weighted by Crippen LogP contribution is 2.27. The molecule has 0 saturated carbocycles. The number of aliphatic hydroxyl groups excluding tert-OH is 2. The van der Waals surface area contributed by atoms with Crippen molar-refractivity contribution in [2.75, 3.05) is 13.7 Å². The maximum atomic E-state index is 11.2. The smallest absolute Gasteiger partial charge is 0.217 e. The number of amides is 1. The molecular formula is C12H23NO5. The van der Waals surface area contributed by atoms with Crippen molar-refractivity contribution in [3.05, 3.63) is 0 Å². The minimum atomic E-state index is -0.966. The third-order valence-electron chi connectivity index (χ3n) is 3.24. The van der Waals surface area contributed by atoms with Crippen molar-refractivity contribution in [3.8, 4) is 0 Å². The standard InChI is InChI=1S/C12H23NO5/c1-6(2)11-9(13-7(3)15)12(17-4)10(16)8(5-14)18-11/h6,8-12,14,16H,5H2,1-4H3,(H,13,15)/t8?,9?,10-,11-,12+/m0/s1. The summed E-state index contributed by atoms with van der Waals surface area (Å²) in [5.74, 6) is -0.0769. The van der Waals surface area contributed by atoms with Crippen molar-refractivity contribution in [1.82, 2.24) is 5.32 Å². The van der Waals surface area contributed by atoms with Crippen LogP contribution in [0.5, 0.6) is 0 Å². The number of carbonyl (C=O) groups is 1. The first-order chi connectivity index (χ1) is 8.42. The molecule has 106 valence electrons. The quantitative estimate of drug-likeness (QED) is 0.622. The summed E-state index contributed by atoms with van der Waals surface area (Å²) in [6.07, 6.45) is -2.55. The van der Waals surface area contributed by atoms with Crippen molar-refractivity contribution < 1.29 is 24.5 Å². The first kappa shape index (κ1) is 15.4. The van der Waals surface area contributed by atoms with E-state index in [2.05, 4.69) is 5.32 Å². The van der Waals surface area contributed by atoms with Gasteiger partial charge in [0.2, 0.25) is 5.91 Å². The van der Waals surface area contributed by atoms with Crippen LogP contribution < -0.4 is 5.32 Å². The lowest BCUT2D eigenvalue weighted by Crippen LogP contribution is -2.65. The average Bonchev–Trinajstić information content (AvgIpc) is 2.28. The van der Waals surface area contributed by atoms with Gasteiger partial charge in [-0.15, -0.1) is 0 Å². The predicted molar refractivity (Wildman–Crippen MR) is 65.0 cm³/mol. The summed E-state index contributed by atoms with van der Waals surface area (Å²) < 4.78 is 10.9. The molecule has 1 aliphatic heterocycles. The fourth-order valence-electron chi connectivity index (χ4n) is 2.39. The van der Waals surface area contributed by atoms with Crippen LogP contribution in [0.2, 0.25) is 0 Å². The molecule has 2 unspecified atom stereocenters. The molecule has 0 aromatic carbocycles. The Morgan fingerprint density at radius 3 is 2.50 bits per heavy atom. The largest absolute Gasteiger partial charge is 0.394 e. The lowest BCUT2D eigenvalue weighted by molar-refractivity contribution is -0.210. The molecule has 0 spiro atoms. The third-order valence-corrected chi connectivity index (χ3v) is 3.24. The fraction of sp³-hybridized carbons (Fsp3) is 0.917. The minimum absolute atomic E-state index is 0.126. The zero-order valence-electron chi connectivity index (χ0n) is 11.3. The summed E-state index contributed by atoms with van der Waals surface area (Å²) >= 11 is 0. The van der Waals surface area contributed by atoms with Crippen LogP contribution in [-0.4, -0.2) is 60.3 Å². The Balaban J connectivity index is 2.95. The molecule has 0 bridgehead atoms. The minimum Gasteiger partial charge on any atom is -0.394 e. The van der Waals surface area contributed by atoms with E-state index in [1.807, 2.05) is 13.8 Å². The Bertz CT molecular complexity index is 282. The summed E-state index contributed by atoms with van der Waals surface area (Å²) in [6.45, 7) is 5.04. The molecule has 5 atom stereocenters. The number of ether oxygens (including phenoxy) is 2. The molecule has 1 aliphatic rings. The van der Waals surface area contributed by atoms with E-state index < -0.39 is 24.4 Å². The molecular weight excluding hydrogens is 238 g/mol. The Labute approximate surface area is 107 Å². The van der Waals surface area contributed by atoms with Crippen LogP contribution >= 0.6 is 0 Å². The van der Waals surface area contributed by atoms with Gasteiger partial charge in [-0.1, -0.05) is 13.8 Å². The van der Waals surface area contributed by atoms with Crippen LogP contribution in [0.3, 0.4) is 0 Å². The molecule has 0 aliphatic carbocycles.